The highest BCUT2D eigenvalue weighted by Crippen LogP contribution is 2.13. The second kappa shape index (κ2) is 6.90. The van der Waals surface area contributed by atoms with Gasteiger partial charge in [-0.2, -0.15) is 5.26 Å². The SMILES string of the molecule is Cc1ccc(C#N)c(NCCC(=O)N2CCCCC2)n1. The van der Waals surface area contributed by atoms with Gasteiger partial charge in [0.2, 0.25) is 5.91 Å². The molecule has 5 nitrogen and oxygen atoms in total. The Kier molecular flexibility index (Phi) is 4.94. The molecule has 0 atom stereocenters. The van der Waals surface area contributed by atoms with Crippen LogP contribution in [0.15, 0.2) is 12.1 Å². The third-order valence-electron chi connectivity index (χ3n) is 3.50. The second-order valence-corrected chi connectivity index (χ2v) is 5.08. The molecule has 1 aliphatic rings. The Bertz CT molecular complexity index is 515. The van der Waals surface area contributed by atoms with Crippen LogP contribution in [0, 0.1) is 18.3 Å². The van der Waals surface area contributed by atoms with Gasteiger partial charge in [0, 0.05) is 31.7 Å². The first kappa shape index (κ1) is 14.3. The average molecular weight is 272 g/mol. The largest absolute Gasteiger partial charge is 0.368 e. The average Bonchev–Trinajstić information content (AvgIpc) is 2.48. The van der Waals surface area contributed by atoms with Crippen molar-refractivity contribution >= 4 is 11.7 Å². The molecule has 0 radical (unpaired) electrons. The number of hydrogen-bond acceptors (Lipinski definition) is 4. The quantitative estimate of drug-likeness (QED) is 0.911. The highest BCUT2D eigenvalue weighted by atomic mass is 16.2. The molecule has 1 aromatic rings. The van der Waals surface area contributed by atoms with E-state index in [0.717, 1.165) is 31.6 Å². The minimum atomic E-state index is 0.184. The Morgan fingerprint density at radius 1 is 1.40 bits per heavy atom. The van der Waals surface area contributed by atoms with Gasteiger partial charge in [-0.25, -0.2) is 4.98 Å². The molecule has 0 aromatic carbocycles. The number of likely N-dealkylation sites (tertiary alicyclic amines) is 1. The van der Waals surface area contributed by atoms with Crippen LogP contribution in [0.2, 0.25) is 0 Å². The van der Waals surface area contributed by atoms with Crippen LogP contribution in [-0.4, -0.2) is 35.4 Å². The Labute approximate surface area is 119 Å². The van der Waals surface area contributed by atoms with Crippen molar-refractivity contribution in [2.24, 2.45) is 0 Å². The third-order valence-corrected chi connectivity index (χ3v) is 3.50. The smallest absolute Gasteiger partial charge is 0.224 e. The molecule has 1 amide bonds. The van der Waals surface area contributed by atoms with Gasteiger partial charge in [0.1, 0.15) is 11.9 Å². The molecule has 5 heteroatoms. The molecule has 0 aliphatic carbocycles. The van der Waals surface area contributed by atoms with Crippen LogP contribution in [0.4, 0.5) is 5.82 Å². The number of piperidine rings is 1. The van der Waals surface area contributed by atoms with Crippen LogP contribution in [0.1, 0.15) is 36.9 Å². The van der Waals surface area contributed by atoms with Crippen LogP contribution in [0.25, 0.3) is 0 Å². The lowest BCUT2D eigenvalue weighted by atomic mass is 10.1. The van der Waals surface area contributed by atoms with E-state index in [2.05, 4.69) is 16.4 Å². The summed E-state index contributed by atoms with van der Waals surface area (Å²) in [5.41, 5.74) is 1.37. The van der Waals surface area contributed by atoms with Gasteiger partial charge < -0.3 is 10.2 Å². The van der Waals surface area contributed by atoms with Crippen molar-refractivity contribution in [3.8, 4) is 6.07 Å². The minimum Gasteiger partial charge on any atom is -0.368 e. The van der Waals surface area contributed by atoms with Crippen molar-refractivity contribution in [2.45, 2.75) is 32.6 Å². The maximum Gasteiger partial charge on any atom is 0.224 e. The van der Waals surface area contributed by atoms with Gasteiger partial charge >= 0.3 is 0 Å². The molecule has 1 aromatic heterocycles. The fourth-order valence-electron chi connectivity index (χ4n) is 2.37. The molecule has 106 valence electrons. The van der Waals surface area contributed by atoms with Gasteiger partial charge in [-0.05, 0) is 38.3 Å². The van der Waals surface area contributed by atoms with Crippen molar-refractivity contribution in [2.75, 3.05) is 25.0 Å². The molecule has 1 saturated heterocycles. The zero-order valence-electron chi connectivity index (χ0n) is 11.9. The standard InChI is InChI=1S/C15H20N4O/c1-12-5-6-13(11-16)15(18-12)17-8-7-14(20)19-9-3-2-4-10-19/h5-6H,2-4,7-10H2,1H3,(H,17,18). The zero-order valence-corrected chi connectivity index (χ0v) is 11.9. The summed E-state index contributed by atoms with van der Waals surface area (Å²) in [6.07, 6.45) is 3.88. The second-order valence-electron chi connectivity index (χ2n) is 5.08. The predicted molar refractivity (Wildman–Crippen MR) is 77.2 cm³/mol. The van der Waals surface area contributed by atoms with Crippen LogP contribution in [0.5, 0.6) is 0 Å². The fraction of sp³-hybridized carbons (Fsp3) is 0.533. The number of nitrogens with one attached hydrogen (secondary N) is 1. The van der Waals surface area contributed by atoms with Gasteiger partial charge in [0.15, 0.2) is 0 Å². The number of aromatic nitrogens is 1. The van der Waals surface area contributed by atoms with Crippen molar-refractivity contribution in [1.29, 1.82) is 5.26 Å². The summed E-state index contributed by atoms with van der Waals surface area (Å²) in [6, 6.07) is 5.66. The molecule has 0 unspecified atom stereocenters. The number of amides is 1. The van der Waals surface area contributed by atoms with Crippen LogP contribution >= 0.6 is 0 Å². The Morgan fingerprint density at radius 3 is 2.85 bits per heavy atom. The number of aryl methyl sites for hydroxylation is 1. The van der Waals surface area contributed by atoms with E-state index in [9.17, 15) is 4.79 Å². The first-order chi connectivity index (χ1) is 9.70. The van der Waals surface area contributed by atoms with E-state index >= 15 is 0 Å². The van der Waals surface area contributed by atoms with Crippen molar-refractivity contribution in [1.82, 2.24) is 9.88 Å². The zero-order chi connectivity index (χ0) is 14.4. The number of nitriles is 1. The summed E-state index contributed by atoms with van der Waals surface area (Å²) < 4.78 is 0. The fourth-order valence-corrected chi connectivity index (χ4v) is 2.37. The van der Waals surface area contributed by atoms with Crippen LogP contribution in [-0.2, 0) is 4.79 Å². The Balaban J connectivity index is 1.85. The van der Waals surface area contributed by atoms with Gasteiger partial charge in [-0.1, -0.05) is 0 Å². The van der Waals surface area contributed by atoms with E-state index < -0.39 is 0 Å². The Morgan fingerprint density at radius 2 is 2.15 bits per heavy atom. The number of carbonyl (C=O) groups excluding carboxylic acids is 1. The number of carbonyl (C=O) groups is 1. The van der Waals surface area contributed by atoms with E-state index in [-0.39, 0.29) is 5.91 Å². The highest BCUT2D eigenvalue weighted by Gasteiger charge is 2.15. The monoisotopic (exact) mass is 272 g/mol. The molecule has 0 bridgehead atoms. The summed E-state index contributed by atoms with van der Waals surface area (Å²) >= 11 is 0. The molecular weight excluding hydrogens is 252 g/mol. The summed E-state index contributed by atoms with van der Waals surface area (Å²) in [6.45, 7) is 4.15. The summed E-state index contributed by atoms with van der Waals surface area (Å²) in [7, 11) is 0. The number of rotatable bonds is 4. The summed E-state index contributed by atoms with van der Waals surface area (Å²) in [5.74, 6) is 0.752. The molecule has 2 heterocycles. The van der Waals surface area contributed by atoms with E-state index in [1.54, 1.807) is 6.07 Å². The molecule has 0 spiro atoms. The number of pyridine rings is 1. The van der Waals surface area contributed by atoms with Crippen molar-refractivity contribution < 1.29 is 4.79 Å². The molecule has 1 fully saturated rings. The van der Waals surface area contributed by atoms with E-state index in [1.165, 1.54) is 6.42 Å². The van der Waals surface area contributed by atoms with E-state index in [4.69, 9.17) is 5.26 Å². The number of nitrogens with zero attached hydrogens (tertiary/aromatic N) is 3. The van der Waals surface area contributed by atoms with E-state index in [1.807, 2.05) is 17.9 Å². The molecular formula is C15H20N4O. The van der Waals surface area contributed by atoms with Gasteiger partial charge in [-0.15, -0.1) is 0 Å². The molecule has 2 rings (SSSR count). The van der Waals surface area contributed by atoms with E-state index in [0.29, 0.717) is 24.3 Å². The minimum absolute atomic E-state index is 0.184. The number of anilines is 1. The van der Waals surface area contributed by atoms with Crippen molar-refractivity contribution in [3.05, 3.63) is 23.4 Å². The van der Waals surface area contributed by atoms with Crippen LogP contribution in [0.3, 0.4) is 0 Å². The van der Waals surface area contributed by atoms with Gasteiger partial charge in [-0.3, -0.25) is 4.79 Å². The Hall–Kier alpha value is -2.09. The topological polar surface area (TPSA) is 69.0 Å². The predicted octanol–water partition coefficient (Wildman–Crippen LogP) is 2.08. The van der Waals surface area contributed by atoms with Gasteiger partial charge in [0.05, 0.1) is 5.56 Å². The molecule has 20 heavy (non-hydrogen) atoms. The lowest BCUT2D eigenvalue weighted by Crippen LogP contribution is -2.36. The lowest BCUT2D eigenvalue weighted by Gasteiger charge is -2.26. The normalized spacial score (nSPS) is 14.7. The maximum atomic E-state index is 12.0. The van der Waals surface area contributed by atoms with Crippen molar-refractivity contribution in [3.63, 3.8) is 0 Å². The maximum absolute atomic E-state index is 12.0. The van der Waals surface area contributed by atoms with Gasteiger partial charge in [0.25, 0.3) is 0 Å². The van der Waals surface area contributed by atoms with Crippen LogP contribution < -0.4 is 5.32 Å². The summed E-state index contributed by atoms with van der Waals surface area (Å²) in [5, 5.41) is 12.1. The molecule has 0 saturated carbocycles. The number of hydrogen-bond donors (Lipinski definition) is 1. The first-order valence-corrected chi connectivity index (χ1v) is 7.10. The first-order valence-electron chi connectivity index (χ1n) is 7.10. The summed E-state index contributed by atoms with van der Waals surface area (Å²) in [4.78, 5) is 18.2. The third kappa shape index (κ3) is 3.70. The lowest BCUT2D eigenvalue weighted by molar-refractivity contribution is -0.131. The highest BCUT2D eigenvalue weighted by molar-refractivity contribution is 5.76. The molecule has 1 N–H and O–H groups in total. The molecule has 1 aliphatic heterocycles.